The van der Waals surface area contributed by atoms with Crippen molar-refractivity contribution in [2.45, 2.75) is 50.4 Å². The highest BCUT2D eigenvalue weighted by atomic mass is 32.1. The molecule has 2 N–H and O–H groups in total. The van der Waals surface area contributed by atoms with Gasteiger partial charge in [0.25, 0.3) is 0 Å². The van der Waals surface area contributed by atoms with Gasteiger partial charge >= 0.3 is 6.09 Å². The maximum atomic E-state index is 12.5. The van der Waals surface area contributed by atoms with Crippen LogP contribution in [0, 0.1) is 0 Å². The van der Waals surface area contributed by atoms with Crippen molar-refractivity contribution in [2.75, 3.05) is 0 Å². The summed E-state index contributed by atoms with van der Waals surface area (Å²) in [6, 6.07) is 17.7. The fourth-order valence-corrected chi connectivity index (χ4v) is 4.67. The van der Waals surface area contributed by atoms with Crippen molar-refractivity contribution in [1.82, 2.24) is 10.3 Å². The second-order valence-corrected chi connectivity index (χ2v) is 9.32. The molecule has 146 valence electrons. The van der Waals surface area contributed by atoms with Gasteiger partial charge in [0, 0.05) is 5.92 Å². The molecule has 1 fully saturated rings. The number of ether oxygens (including phenoxy) is 1. The molecular formula is C22H24N2O3S. The molecule has 1 heterocycles. The maximum Gasteiger partial charge on any atom is 0.408 e. The third-order valence-corrected chi connectivity index (χ3v) is 6.06. The molecule has 3 aromatic rings. The first-order valence-corrected chi connectivity index (χ1v) is 10.2. The Balaban J connectivity index is 1.66. The Labute approximate surface area is 168 Å². The van der Waals surface area contributed by atoms with Crippen molar-refractivity contribution in [3.8, 4) is 0 Å². The summed E-state index contributed by atoms with van der Waals surface area (Å²) in [7, 11) is 0. The molecule has 1 amide bonds. The minimum Gasteiger partial charge on any atom is -0.444 e. The van der Waals surface area contributed by atoms with Crippen LogP contribution in [0.2, 0.25) is 0 Å². The molecule has 3 unspecified atom stereocenters. The van der Waals surface area contributed by atoms with Crippen LogP contribution in [0.1, 0.15) is 49.8 Å². The molecule has 1 aromatic heterocycles. The predicted molar refractivity (Wildman–Crippen MR) is 110 cm³/mol. The number of carbonyl (C=O) groups is 1. The van der Waals surface area contributed by atoms with Crippen molar-refractivity contribution in [2.24, 2.45) is 0 Å². The van der Waals surface area contributed by atoms with Gasteiger partial charge in [0.05, 0.1) is 15.8 Å². The van der Waals surface area contributed by atoms with Crippen LogP contribution in [0.3, 0.4) is 0 Å². The molecule has 3 atom stereocenters. The molecule has 1 aliphatic carbocycles. The number of aliphatic hydroxyl groups excluding tert-OH is 1. The minimum atomic E-state index is -0.914. The number of hydrogen-bond acceptors (Lipinski definition) is 5. The van der Waals surface area contributed by atoms with Gasteiger partial charge in [-0.2, -0.15) is 0 Å². The lowest BCUT2D eigenvalue weighted by molar-refractivity contribution is 0.0385. The van der Waals surface area contributed by atoms with Gasteiger partial charge in [-0.25, -0.2) is 9.78 Å². The van der Waals surface area contributed by atoms with Crippen molar-refractivity contribution < 1.29 is 14.6 Å². The first-order valence-electron chi connectivity index (χ1n) is 9.38. The molecule has 2 aromatic carbocycles. The number of rotatable bonds is 4. The Kier molecular flexibility index (Phi) is 4.63. The van der Waals surface area contributed by atoms with Crippen LogP contribution in [-0.2, 0) is 4.74 Å². The number of aliphatic hydroxyl groups is 1. The molecule has 4 rings (SSSR count). The zero-order valence-corrected chi connectivity index (χ0v) is 17.0. The summed E-state index contributed by atoms with van der Waals surface area (Å²) in [5.41, 5.74) is 0.505. The topological polar surface area (TPSA) is 71.5 Å². The zero-order chi connectivity index (χ0) is 19.9. The van der Waals surface area contributed by atoms with Gasteiger partial charge in [-0.3, -0.25) is 0 Å². The highest BCUT2D eigenvalue weighted by molar-refractivity contribution is 7.18. The molecule has 0 spiro atoms. The summed E-state index contributed by atoms with van der Waals surface area (Å²) in [5.74, 6) is 0.00299. The molecule has 0 bridgehead atoms. The second kappa shape index (κ2) is 6.87. The van der Waals surface area contributed by atoms with Crippen LogP contribution in [0.15, 0.2) is 54.6 Å². The molecule has 0 aliphatic heterocycles. The van der Waals surface area contributed by atoms with Crippen LogP contribution < -0.4 is 5.32 Å². The summed E-state index contributed by atoms with van der Waals surface area (Å²) >= 11 is 1.46. The Morgan fingerprint density at radius 2 is 1.89 bits per heavy atom. The van der Waals surface area contributed by atoms with E-state index < -0.39 is 23.3 Å². The molecular weight excluding hydrogens is 372 g/mol. The van der Waals surface area contributed by atoms with Crippen LogP contribution in [-0.4, -0.2) is 27.3 Å². The van der Waals surface area contributed by atoms with Crippen LogP contribution >= 0.6 is 11.3 Å². The monoisotopic (exact) mass is 396 g/mol. The van der Waals surface area contributed by atoms with Gasteiger partial charge in [-0.05, 0) is 44.9 Å². The lowest BCUT2D eigenvalue weighted by atomic mass is 10.0. The summed E-state index contributed by atoms with van der Waals surface area (Å²) < 4.78 is 6.48. The number of fused-ring (bicyclic) bond motifs is 1. The predicted octanol–water partition coefficient (Wildman–Crippen LogP) is 4.78. The van der Waals surface area contributed by atoms with Gasteiger partial charge in [0.15, 0.2) is 0 Å². The van der Waals surface area contributed by atoms with E-state index in [9.17, 15) is 9.90 Å². The highest BCUT2D eigenvalue weighted by Crippen LogP contribution is 2.58. The average molecular weight is 397 g/mol. The number of benzene rings is 2. The average Bonchev–Trinajstić information content (AvgIpc) is 3.19. The molecule has 1 aliphatic rings. The van der Waals surface area contributed by atoms with Gasteiger partial charge in [0.1, 0.15) is 16.7 Å². The molecule has 0 radical (unpaired) electrons. The second-order valence-electron chi connectivity index (χ2n) is 8.26. The Morgan fingerprint density at radius 1 is 1.21 bits per heavy atom. The Bertz CT molecular complexity index is 963. The number of para-hydroxylation sites is 1. The smallest absolute Gasteiger partial charge is 0.408 e. The van der Waals surface area contributed by atoms with Gasteiger partial charge in [0.2, 0.25) is 0 Å². The number of aromatic nitrogens is 1. The number of thiazole rings is 1. The van der Waals surface area contributed by atoms with E-state index in [-0.39, 0.29) is 5.92 Å². The Morgan fingerprint density at radius 3 is 2.57 bits per heavy atom. The van der Waals surface area contributed by atoms with E-state index in [1.165, 1.54) is 11.3 Å². The molecule has 1 saturated carbocycles. The van der Waals surface area contributed by atoms with E-state index in [1.54, 1.807) is 0 Å². The van der Waals surface area contributed by atoms with E-state index in [0.717, 1.165) is 15.8 Å². The summed E-state index contributed by atoms with van der Waals surface area (Å²) in [6.45, 7) is 5.47. The number of alkyl carbamates (subject to hydrolysis) is 1. The van der Waals surface area contributed by atoms with Crippen molar-refractivity contribution >= 4 is 27.6 Å². The van der Waals surface area contributed by atoms with Crippen molar-refractivity contribution in [1.29, 1.82) is 0 Å². The minimum absolute atomic E-state index is 0.00299. The van der Waals surface area contributed by atoms with E-state index in [0.29, 0.717) is 11.4 Å². The third kappa shape index (κ3) is 3.62. The zero-order valence-electron chi connectivity index (χ0n) is 16.2. The number of nitrogens with one attached hydrogen (secondary N) is 1. The number of hydrogen-bond donors (Lipinski definition) is 2. The summed E-state index contributed by atoms with van der Waals surface area (Å²) in [4.78, 5) is 17.1. The van der Waals surface area contributed by atoms with Crippen molar-refractivity contribution in [3.05, 3.63) is 65.2 Å². The van der Waals surface area contributed by atoms with E-state index in [2.05, 4.69) is 10.3 Å². The van der Waals surface area contributed by atoms with E-state index in [4.69, 9.17) is 4.74 Å². The van der Waals surface area contributed by atoms with Crippen LogP contribution in [0.25, 0.3) is 10.2 Å². The SMILES string of the molecule is CC(C)(C)OC(=O)NC1(C(O)c2nc3ccccc3s2)CC1c1ccccc1. The number of amides is 1. The summed E-state index contributed by atoms with van der Waals surface area (Å²) in [5, 5.41) is 14.8. The molecule has 0 saturated heterocycles. The lowest BCUT2D eigenvalue weighted by Crippen LogP contribution is -2.45. The molecule has 28 heavy (non-hydrogen) atoms. The fraction of sp³-hybridized carbons (Fsp3) is 0.364. The van der Waals surface area contributed by atoms with Gasteiger partial charge in [-0.15, -0.1) is 11.3 Å². The normalized spacial score (nSPS) is 22.6. The van der Waals surface area contributed by atoms with E-state index in [1.807, 2.05) is 75.4 Å². The van der Waals surface area contributed by atoms with Crippen molar-refractivity contribution in [3.63, 3.8) is 0 Å². The number of carbonyl (C=O) groups excluding carboxylic acids is 1. The first kappa shape index (κ1) is 18.9. The van der Waals surface area contributed by atoms with Gasteiger partial charge < -0.3 is 15.2 Å². The largest absolute Gasteiger partial charge is 0.444 e. The van der Waals surface area contributed by atoms with Gasteiger partial charge in [-0.1, -0.05) is 42.5 Å². The molecule has 5 nitrogen and oxygen atoms in total. The number of nitrogens with zero attached hydrogens (tertiary/aromatic N) is 1. The molecule has 6 heteroatoms. The summed E-state index contributed by atoms with van der Waals surface area (Å²) in [6.07, 6.45) is -0.804. The van der Waals surface area contributed by atoms with E-state index >= 15 is 0 Å². The third-order valence-electron chi connectivity index (χ3n) is 4.97. The van der Waals surface area contributed by atoms with Crippen LogP contribution in [0.5, 0.6) is 0 Å². The quantitative estimate of drug-likeness (QED) is 0.666. The first-order chi connectivity index (χ1) is 13.3. The fourth-order valence-electron chi connectivity index (χ4n) is 3.61. The van der Waals surface area contributed by atoms with Crippen LogP contribution in [0.4, 0.5) is 4.79 Å². The maximum absolute atomic E-state index is 12.5. The highest BCUT2D eigenvalue weighted by Gasteiger charge is 2.62. The lowest BCUT2D eigenvalue weighted by Gasteiger charge is -2.27. The Hall–Kier alpha value is -2.44. The standard InChI is InChI=1S/C22H24N2O3S/c1-21(2,3)27-20(26)24-22(13-15(22)14-9-5-4-6-10-14)18(25)19-23-16-11-7-8-12-17(16)28-19/h4-12,15,18,25H,13H2,1-3H3,(H,24,26).